The van der Waals surface area contributed by atoms with E-state index in [0.717, 1.165) is 15.2 Å². The minimum atomic E-state index is 0.157. The molecule has 2 rings (SSSR count). The number of nitrogens with zero attached hydrogens (tertiary/aromatic N) is 2. The zero-order chi connectivity index (χ0) is 12.3. The van der Waals surface area contributed by atoms with Crippen LogP contribution >= 0.6 is 39.0 Å². The van der Waals surface area contributed by atoms with E-state index in [1.807, 2.05) is 13.0 Å². The number of rotatable bonds is 4. The van der Waals surface area contributed by atoms with Gasteiger partial charge in [-0.25, -0.2) is 0 Å². The molecule has 0 spiro atoms. The van der Waals surface area contributed by atoms with E-state index in [-0.39, 0.29) is 6.04 Å². The molecule has 1 atom stereocenters. The van der Waals surface area contributed by atoms with Crippen molar-refractivity contribution in [1.82, 2.24) is 10.2 Å². The molecule has 1 aromatic heterocycles. The fraction of sp³-hybridized carbons (Fsp3) is 0.273. The van der Waals surface area contributed by atoms with Crippen molar-refractivity contribution in [2.24, 2.45) is 5.73 Å². The summed E-state index contributed by atoms with van der Waals surface area (Å²) in [6.45, 7) is 2.02. The van der Waals surface area contributed by atoms with E-state index in [0.29, 0.717) is 0 Å². The molecule has 0 fully saturated rings. The van der Waals surface area contributed by atoms with Gasteiger partial charge in [-0.2, -0.15) is 0 Å². The third kappa shape index (κ3) is 3.77. The fourth-order valence-corrected chi connectivity index (χ4v) is 3.57. The van der Waals surface area contributed by atoms with Gasteiger partial charge in [0.15, 0.2) is 4.34 Å². The van der Waals surface area contributed by atoms with Gasteiger partial charge in [0.05, 0.1) is 0 Å². The number of hydrogen-bond acceptors (Lipinski definition) is 5. The molecule has 0 bridgehead atoms. The van der Waals surface area contributed by atoms with Crippen molar-refractivity contribution < 1.29 is 0 Å². The minimum absolute atomic E-state index is 0.157. The van der Waals surface area contributed by atoms with E-state index in [1.165, 1.54) is 10.5 Å². The molecule has 0 amide bonds. The lowest BCUT2D eigenvalue weighted by molar-refractivity contribution is 0.729. The topological polar surface area (TPSA) is 51.8 Å². The molecule has 2 aromatic rings. The summed E-state index contributed by atoms with van der Waals surface area (Å²) in [6.07, 6.45) is 0.869. The van der Waals surface area contributed by atoms with Crippen LogP contribution in [0.4, 0.5) is 0 Å². The van der Waals surface area contributed by atoms with Crippen LogP contribution in [0, 0.1) is 0 Å². The Morgan fingerprint density at radius 1 is 1.53 bits per heavy atom. The molecule has 17 heavy (non-hydrogen) atoms. The molecule has 0 radical (unpaired) electrons. The highest BCUT2D eigenvalue weighted by atomic mass is 79.9. The summed E-state index contributed by atoms with van der Waals surface area (Å²) in [5.74, 6) is 0. The molecule has 6 heteroatoms. The molecule has 1 unspecified atom stereocenters. The summed E-state index contributed by atoms with van der Waals surface area (Å²) in [5, 5.41) is 7.89. The predicted molar refractivity (Wildman–Crippen MR) is 75.5 cm³/mol. The van der Waals surface area contributed by atoms with Crippen molar-refractivity contribution in [3.05, 3.63) is 33.7 Å². The molecule has 3 nitrogen and oxygen atoms in total. The second kappa shape index (κ2) is 5.95. The average Bonchev–Trinajstić information content (AvgIpc) is 2.74. The molecule has 0 aliphatic carbocycles. The molecule has 1 aromatic carbocycles. The van der Waals surface area contributed by atoms with E-state index < -0.39 is 0 Å². The lowest BCUT2D eigenvalue weighted by Crippen LogP contribution is -2.18. The van der Waals surface area contributed by atoms with Crippen molar-refractivity contribution in [3.8, 4) is 0 Å². The molecule has 0 saturated heterocycles. The summed E-state index contributed by atoms with van der Waals surface area (Å²) in [7, 11) is 0. The zero-order valence-electron chi connectivity index (χ0n) is 9.26. The molecular weight excluding hydrogens is 318 g/mol. The molecule has 0 saturated carbocycles. The van der Waals surface area contributed by atoms with Gasteiger partial charge in [0.2, 0.25) is 0 Å². The molecule has 0 aliphatic heterocycles. The number of benzene rings is 1. The number of halogens is 1. The van der Waals surface area contributed by atoms with Gasteiger partial charge in [-0.05, 0) is 31.0 Å². The lowest BCUT2D eigenvalue weighted by atomic mass is 10.1. The van der Waals surface area contributed by atoms with Crippen LogP contribution in [0.3, 0.4) is 0 Å². The maximum atomic E-state index is 5.86. The highest BCUT2D eigenvalue weighted by molar-refractivity contribution is 9.10. The SMILES string of the molecule is CC(N)Cc1ccc(Br)cc1Sc1nncs1. The van der Waals surface area contributed by atoms with E-state index in [9.17, 15) is 0 Å². The lowest BCUT2D eigenvalue weighted by Gasteiger charge is -2.10. The normalized spacial score (nSPS) is 12.6. The third-order valence-corrected chi connectivity index (χ3v) is 4.48. The van der Waals surface area contributed by atoms with Crippen LogP contribution in [0.5, 0.6) is 0 Å². The third-order valence-electron chi connectivity index (χ3n) is 2.11. The first-order chi connectivity index (χ1) is 8.15. The summed E-state index contributed by atoms with van der Waals surface area (Å²) >= 11 is 6.67. The van der Waals surface area contributed by atoms with Crippen molar-refractivity contribution in [2.75, 3.05) is 0 Å². The van der Waals surface area contributed by atoms with E-state index in [2.05, 4.69) is 38.3 Å². The Bertz CT molecular complexity index is 485. The van der Waals surface area contributed by atoms with Gasteiger partial charge in [0.25, 0.3) is 0 Å². The van der Waals surface area contributed by atoms with Crippen LogP contribution < -0.4 is 5.73 Å². The van der Waals surface area contributed by atoms with E-state index >= 15 is 0 Å². The largest absolute Gasteiger partial charge is 0.328 e. The Morgan fingerprint density at radius 2 is 2.35 bits per heavy atom. The maximum absolute atomic E-state index is 5.86. The van der Waals surface area contributed by atoms with Crippen LogP contribution in [-0.4, -0.2) is 16.2 Å². The highest BCUT2D eigenvalue weighted by Crippen LogP contribution is 2.33. The second-order valence-corrected chi connectivity index (χ2v) is 6.78. The minimum Gasteiger partial charge on any atom is -0.328 e. The van der Waals surface area contributed by atoms with E-state index in [4.69, 9.17) is 5.73 Å². The van der Waals surface area contributed by atoms with Crippen molar-refractivity contribution in [1.29, 1.82) is 0 Å². The summed E-state index contributed by atoms with van der Waals surface area (Å²) in [5.41, 5.74) is 8.85. The standard InChI is InChI=1S/C11H12BrN3S2/c1-7(13)4-8-2-3-9(12)5-10(8)17-11-15-14-6-16-11/h2-3,5-7H,4,13H2,1H3. The molecule has 1 heterocycles. The predicted octanol–water partition coefficient (Wildman–Crippen LogP) is 3.34. The van der Waals surface area contributed by atoms with Crippen LogP contribution in [0.1, 0.15) is 12.5 Å². The van der Waals surface area contributed by atoms with Crippen molar-refractivity contribution in [2.45, 2.75) is 28.6 Å². The smallest absolute Gasteiger partial charge is 0.178 e. The van der Waals surface area contributed by atoms with Gasteiger partial charge in [0, 0.05) is 15.4 Å². The molecule has 2 N–H and O–H groups in total. The monoisotopic (exact) mass is 329 g/mol. The van der Waals surface area contributed by atoms with Gasteiger partial charge in [-0.15, -0.1) is 10.2 Å². The van der Waals surface area contributed by atoms with Gasteiger partial charge >= 0.3 is 0 Å². The molecular formula is C11H12BrN3S2. The quantitative estimate of drug-likeness (QED) is 0.934. The Labute approximate surface area is 117 Å². The van der Waals surface area contributed by atoms with Crippen LogP contribution in [0.15, 0.2) is 37.4 Å². The number of nitrogens with two attached hydrogens (primary N) is 1. The van der Waals surface area contributed by atoms with Gasteiger partial charge in [0.1, 0.15) is 5.51 Å². The van der Waals surface area contributed by atoms with Crippen LogP contribution in [0.25, 0.3) is 0 Å². The van der Waals surface area contributed by atoms with Gasteiger partial charge in [-0.1, -0.05) is 45.1 Å². The first kappa shape index (κ1) is 13.0. The zero-order valence-corrected chi connectivity index (χ0v) is 12.5. The average molecular weight is 330 g/mol. The molecule has 90 valence electrons. The Kier molecular flexibility index (Phi) is 4.55. The van der Waals surface area contributed by atoms with Crippen molar-refractivity contribution >= 4 is 39.0 Å². The van der Waals surface area contributed by atoms with Gasteiger partial charge < -0.3 is 5.73 Å². The van der Waals surface area contributed by atoms with Gasteiger partial charge in [-0.3, -0.25) is 0 Å². The maximum Gasteiger partial charge on any atom is 0.178 e. The summed E-state index contributed by atoms with van der Waals surface area (Å²) in [6, 6.07) is 6.41. The Hall–Kier alpha value is -0.430. The molecule has 0 aliphatic rings. The Morgan fingerprint density at radius 3 is 3.00 bits per heavy atom. The number of hydrogen-bond donors (Lipinski definition) is 1. The number of aromatic nitrogens is 2. The first-order valence-corrected chi connectivity index (χ1v) is 7.62. The second-order valence-electron chi connectivity index (χ2n) is 3.74. The summed E-state index contributed by atoms with van der Waals surface area (Å²) < 4.78 is 2.02. The van der Waals surface area contributed by atoms with Crippen molar-refractivity contribution in [3.63, 3.8) is 0 Å². The summed E-state index contributed by atoms with van der Waals surface area (Å²) in [4.78, 5) is 1.19. The van der Waals surface area contributed by atoms with Crippen LogP contribution in [0.2, 0.25) is 0 Å². The Balaban J connectivity index is 2.26. The fourth-order valence-electron chi connectivity index (χ4n) is 1.44. The van der Waals surface area contributed by atoms with Crippen LogP contribution in [-0.2, 0) is 6.42 Å². The van der Waals surface area contributed by atoms with E-state index in [1.54, 1.807) is 28.6 Å². The first-order valence-electron chi connectivity index (χ1n) is 5.13. The highest BCUT2D eigenvalue weighted by Gasteiger charge is 2.09.